The van der Waals surface area contributed by atoms with Crippen molar-refractivity contribution in [3.8, 4) is 0 Å². The topological polar surface area (TPSA) is 15.3 Å². The lowest BCUT2D eigenvalue weighted by Gasteiger charge is -2.38. The van der Waals surface area contributed by atoms with E-state index in [9.17, 15) is 13.2 Å². The number of hydrogen-bond acceptors (Lipinski definition) is 2. The molecule has 1 N–H and O–H groups in total. The van der Waals surface area contributed by atoms with Gasteiger partial charge < -0.3 is 5.32 Å². The molecule has 0 aromatic heterocycles. The van der Waals surface area contributed by atoms with Gasteiger partial charge in [-0.05, 0) is 36.5 Å². The van der Waals surface area contributed by atoms with E-state index in [0.717, 1.165) is 31.7 Å². The van der Waals surface area contributed by atoms with E-state index in [4.69, 9.17) is 0 Å². The van der Waals surface area contributed by atoms with Crippen LogP contribution in [0, 0.1) is 5.92 Å². The van der Waals surface area contributed by atoms with Crippen LogP contribution < -0.4 is 5.32 Å². The van der Waals surface area contributed by atoms with E-state index in [0.29, 0.717) is 5.92 Å². The van der Waals surface area contributed by atoms with Crippen LogP contribution in [0.3, 0.4) is 0 Å². The van der Waals surface area contributed by atoms with Crippen molar-refractivity contribution >= 4 is 12.4 Å². The Balaban J connectivity index is 0.00000192. The molecule has 2 aliphatic rings. The predicted molar refractivity (Wildman–Crippen MR) is 87.8 cm³/mol. The van der Waals surface area contributed by atoms with Gasteiger partial charge in [-0.15, -0.1) is 12.4 Å². The average Bonchev–Trinajstić information content (AvgIpc) is 3.02. The second kappa shape index (κ2) is 7.86. The Morgan fingerprint density at radius 3 is 2.09 bits per heavy atom. The molecule has 1 aromatic carbocycles. The molecule has 1 saturated heterocycles. The number of piperazine rings is 1. The van der Waals surface area contributed by atoms with Crippen molar-refractivity contribution in [2.75, 3.05) is 26.2 Å². The number of nitrogens with zero attached hydrogens (tertiary/aromatic N) is 1. The van der Waals surface area contributed by atoms with Crippen LogP contribution in [0.5, 0.6) is 0 Å². The maximum atomic E-state index is 12.8. The van der Waals surface area contributed by atoms with Crippen LogP contribution in [-0.4, -0.2) is 31.1 Å². The van der Waals surface area contributed by atoms with Gasteiger partial charge in [0.1, 0.15) is 0 Å². The van der Waals surface area contributed by atoms with E-state index < -0.39 is 11.7 Å². The number of benzene rings is 1. The smallest absolute Gasteiger partial charge is 0.314 e. The van der Waals surface area contributed by atoms with Gasteiger partial charge in [0, 0.05) is 32.2 Å². The summed E-state index contributed by atoms with van der Waals surface area (Å²) in [6, 6.07) is 6.12. The van der Waals surface area contributed by atoms with Gasteiger partial charge >= 0.3 is 6.18 Å². The normalized spacial score (nSPS) is 21.9. The van der Waals surface area contributed by atoms with E-state index in [-0.39, 0.29) is 18.4 Å². The van der Waals surface area contributed by atoms with Gasteiger partial charge in [-0.2, -0.15) is 13.2 Å². The van der Waals surface area contributed by atoms with E-state index in [1.54, 1.807) is 12.1 Å². The zero-order valence-corrected chi connectivity index (χ0v) is 13.9. The van der Waals surface area contributed by atoms with Crippen LogP contribution >= 0.6 is 12.4 Å². The zero-order valence-electron chi connectivity index (χ0n) is 13.1. The molecule has 0 bridgehead atoms. The Hall–Kier alpha value is -0.780. The number of hydrogen-bond donors (Lipinski definition) is 1. The minimum absolute atomic E-state index is 0. The molecule has 0 spiro atoms. The highest BCUT2D eigenvalue weighted by atomic mass is 35.5. The number of alkyl halides is 3. The van der Waals surface area contributed by atoms with Crippen molar-refractivity contribution in [2.45, 2.75) is 37.9 Å². The molecule has 1 saturated carbocycles. The molecule has 0 radical (unpaired) electrons. The summed E-state index contributed by atoms with van der Waals surface area (Å²) in [4.78, 5) is 2.45. The molecule has 1 aliphatic heterocycles. The molecule has 2 fully saturated rings. The molecule has 3 rings (SSSR count). The Labute approximate surface area is 141 Å². The molecule has 1 aromatic rings. The van der Waals surface area contributed by atoms with Crippen LogP contribution in [0.15, 0.2) is 24.3 Å². The first kappa shape index (κ1) is 18.6. The summed E-state index contributed by atoms with van der Waals surface area (Å²) in [5.41, 5.74) is 0.489. The van der Waals surface area contributed by atoms with Crippen LogP contribution in [-0.2, 0) is 6.18 Å². The molecule has 1 atom stereocenters. The lowest BCUT2D eigenvalue weighted by atomic mass is 9.89. The molecule has 6 heteroatoms. The third-order valence-electron chi connectivity index (χ3n) is 4.97. The van der Waals surface area contributed by atoms with Crippen LogP contribution in [0.2, 0.25) is 0 Å². The van der Waals surface area contributed by atoms with E-state index in [1.165, 1.54) is 37.8 Å². The average molecular weight is 349 g/mol. The number of nitrogens with one attached hydrogen (secondary N) is 1. The number of halogens is 4. The van der Waals surface area contributed by atoms with E-state index in [2.05, 4.69) is 10.2 Å². The van der Waals surface area contributed by atoms with Gasteiger partial charge in [-0.1, -0.05) is 25.0 Å². The quantitative estimate of drug-likeness (QED) is 0.877. The highest BCUT2D eigenvalue weighted by molar-refractivity contribution is 5.85. The lowest BCUT2D eigenvalue weighted by molar-refractivity contribution is -0.137. The van der Waals surface area contributed by atoms with Crippen molar-refractivity contribution in [3.63, 3.8) is 0 Å². The summed E-state index contributed by atoms with van der Waals surface area (Å²) in [7, 11) is 0. The van der Waals surface area contributed by atoms with Crippen molar-refractivity contribution in [3.05, 3.63) is 35.4 Å². The van der Waals surface area contributed by atoms with Gasteiger partial charge in [0.2, 0.25) is 0 Å². The molecule has 2 nitrogen and oxygen atoms in total. The third kappa shape index (κ3) is 4.40. The molecule has 23 heavy (non-hydrogen) atoms. The molecule has 1 aliphatic carbocycles. The van der Waals surface area contributed by atoms with Gasteiger partial charge in [-0.3, -0.25) is 4.90 Å². The van der Waals surface area contributed by atoms with E-state index >= 15 is 0 Å². The molecular weight excluding hydrogens is 325 g/mol. The monoisotopic (exact) mass is 348 g/mol. The molecule has 0 amide bonds. The van der Waals surface area contributed by atoms with E-state index in [1.807, 2.05) is 0 Å². The standard InChI is InChI=1S/C17H23F3N2.ClH/c18-17(19,20)15-7-5-14(6-8-15)16(13-3-1-2-4-13)22-11-9-21-10-12-22;/h5-8,13,16,21H,1-4,9-12H2;1H/t16-;/m1./s1. The Morgan fingerprint density at radius 2 is 1.57 bits per heavy atom. The Kier molecular flexibility index (Phi) is 6.34. The summed E-state index contributed by atoms with van der Waals surface area (Å²) in [5.74, 6) is 0.579. The summed E-state index contributed by atoms with van der Waals surface area (Å²) in [6.07, 6.45) is 0.615. The first-order valence-electron chi connectivity index (χ1n) is 8.17. The summed E-state index contributed by atoms with van der Waals surface area (Å²) >= 11 is 0. The van der Waals surface area contributed by atoms with Gasteiger partial charge in [0.15, 0.2) is 0 Å². The van der Waals surface area contributed by atoms with Crippen molar-refractivity contribution < 1.29 is 13.2 Å². The maximum Gasteiger partial charge on any atom is 0.416 e. The second-order valence-electron chi connectivity index (χ2n) is 6.40. The van der Waals surface area contributed by atoms with Crippen molar-refractivity contribution in [1.82, 2.24) is 10.2 Å². The van der Waals surface area contributed by atoms with Crippen LogP contribution in [0.1, 0.15) is 42.9 Å². The lowest BCUT2D eigenvalue weighted by Crippen LogP contribution is -2.46. The Bertz CT molecular complexity index is 478. The van der Waals surface area contributed by atoms with Crippen LogP contribution in [0.25, 0.3) is 0 Å². The first-order chi connectivity index (χ1) is 10.6. The second-order valence-corrected chi connectivity index (χ2v) is 6.40. The third-order valence-corrected chi connectivity index (χ3v) is 4.97. The summed E-state index contributed by atoms with van der Waals surface area (Å²) in [5, 5.41) is 3.35. The Morgan fingerprint density at radius 1 is 1.00 bits per heavy atom. The molecule has 1 heterocycles. The van der Waals surface area contributed by atoms with Crippen LogP contribution in [0.4, 0.5) is 13.2 Å². The summed E-state index contributed by atoms with van der Waals surface area (Å²) < 4.78 is 38.3. The summed E-state index contributed by atoms with van der Waals surface area (Å²) in [6.45, 7) is 3.87. The number of rotatable bonds is 3. The van der Waals surface area contributed by atoms with Gasteiger partial charge in [0.05, 0.1) is 5.56 Å². The fraction of sp³-hybridized carbons (Fsp3) is 0.647. The molecular formula is C17H24ClF3N2. The molecule has 130 valence electrons. The molecule has 0 unspecified atom stereocenters. The zero-order chi connectivity index (χ0) is 15.6. The minimum Gasteiger partial charge on any atom is -0.314 e. The SMILES string of the molecule is Cl.FC(F)(F)c1ccc([C@@H](C2CCCC2)N2CCNCC2)cc1. The van der Waals surface area contributed by atoms with Crippen molar-refractivity contribution in [2.24, 2.45) is 5.92 Å². The first-order valence-corrected chi connectivity index (χ1v) is 8.17. The van der Waals surface area contributed by atoms with Gasteiger partial charge in [-0.25, -0.2) is 0 Å². The van der Waals surface area contributed by atoms with Crippen molar-refractivity contribution in [1.29, 1.82) is 0 Å². The predicted octanol–water partition coefficient (Wildman–Crippen LogP) is 4.26. The fourth-order valence-electron chi connectivity index (χ4n) is 3.88. The van der Waals surface area contributed by atoms with Gasteiger partial charge in [0.25, 0.3) is 0 Å². The highest BCUT2D eigenvalue weighted by Gasteiger charge is 2.34. The minimum atomic E-state index is -4.25. The fourth-order valence-corrected chi connectivity index (χ4v) is 3.88. The largest absolute Gasteiger partial charge is 0.416 e. The highest BCUT2D eigenvalue weighted by Crippen LogP contribution is 2.40. The maximum absolute atomic E-state index is 12.8.